The van der Waals surface area contributed by atoms with E-state index in [0.29, 0.717) is 5.39 Å². The molecule has 0 aliphatic heterocycles. The van der Waals surface area contributed by atoms with Crippen LogP contribution < -0.4 is 5.32 Å². The normalized spacial score (nSPS) is 11.1. The van der Waals surface area contributed by atoms with Gasteiger partial charge in [0.15, 0.2) is 11.6 Å². The minimum atomic E-state index is -0.576. The third-order valence-electron chi connectivity index (χ3n) is 2.50. The van der Waals surface area contributed by atoms with Crippen molar-refractivity contribution in [2.24, 2.45) is 0 Å². The van der Waals surface area contributed by atoms with Crippen molar-refractivity contribution in [1.29, 1.82) is 0 Å². The van der Waals surface area contributed by atoms with E-state index >= 15 is 0 Å². The molecule has 0 saturated carbocycles. The average Bonchev–Trinajstić information content (AvgIpc) is 2.64. The maximum absolute atomic E-state index is 13.1. The van der Waals surface area contributed by atoms with Crippen LogP contribution in [0.3, 0.4) is 0 Å². The first-order valence-corrected chi connectivity index (χ1v) is 4.86. The predicted molar refractivity (Wildman–Crippen MR) is 57.6 cm³/mol. The summed E-state index contributed by atoms with van der Waals surface area (Å²) in [6.07, 6.45) is 2.56. The van der Waals surface area contributed by atoms with Gasteiger partial charge in [-0.3, -0.25) is 0 Å². The van der Waals surface area contributed by atoms with Crippen LogP contribution in [0.15, 0.2) is 18.3 Å². The summed E-state index contributed by atoms with van der Waals surface area (Å²) in [6.45, 7) is 0.795. The monoisotopic (exact) mass is 208 g/mol. The summed E-state index contributed by atoms with van der Waals surface area (Å²) in [5.74, 6) is -0.840. The lowest BCUT2D eigenvalue weighted by atomic mass is 10.1. The number of aromatic hydroxyl groups is 1. The Morgan fingerprint density at radius 2 is 2.27 bits per heavy atom. The van der Waals surface area contributed by atoms with Crippen LogP contribution in [0, 0.1) is 5.82 Å². The van der Waals surface area contributed by atoms with Gasteiger partial charge in [0.25, 0.3) is 0 Å². The number of phenols is 1. The Balaban J connectivity index is 2.51. The third kappa shape index (κ3) is 1.68. The van der Waals surface area contributed by atoms with Gasteiger partial charge in [0.1, 0.15) is 0 Å². The Hall–Kier alpha value is -1.55. The summed E-state index contributed by atoms with van der Waals surface area (Å²) in [5.41, 5.74) is 1.69. The highest BCUT2D eigenvalue weighted by atomic mass is 19.1. The smallest absolute Gasteiger partial charge is 0.165 e. The van der Waals surface area contributed by atoms with Crippen LogP contribution in [0.4, 0.5) is 4.39 Å². The van der Waals surface area contributed by atoms with Crippen molar-refractivity contribution in [3.05, 3.63) is 29.7 Å². The fourth-order valence-electron chi connectivity index (χ4n) is 1.70. The second kappa shape index (κ2) is 3.90. The molecule has 0 aliphatic rings. The summed E-state index contributed by atoms with van der Waals surface area (Å²) in [4.78, 5) is 3.01. The number of rotatable bonds is 3. The van der Waals surface area contributed by atoms with Gasteiger partial charge in [0.05, 0.1) is 0 Å². The van der Waals surface area contributed by atoms with Crippen LogP contribution in [0.1, 0.15) is 5.56 Å². The summed E-state index contributed by atoms with van der Waals surface area (Å²) in [6, 6.07) is 2.89. The van der Waals surface area contributed by atoms with E-state index in [9.17, 15) is 9.50 Å². The molecule has 0 radical (unpaired) electrons. The quantitative estimate of drug-likeness (QED) is 0.720. The van der Waals surface area contributed by atoms with E-state index in [1.165, 1.54) is 6.07 Å². The van der Waals surface area contributed by atoms with Crippen molar-refractivity contribution >= 4 is 10.9 Å². The van der Waals surface area contributed by atoms with Gasteiger partial charge >= 0.3 is 0 Å². The molecule has 0 aliphatic carbocycles. The molecule has 1 aromatic heterocycles. The lowest BCUT2D eigenvalue weighted by molar-refractivity contribution is 0.438. The molecule has 0 spiro atoms. The van der Waals surface area contributed by atoms with E-state index in [0.717, 1.165) is 24.0 Å². The van der Waals surface area contributed by atoms with Crippen LogP contribution >= 0.6 is 0 Å². The van der Waals surface area contributed by atoms with Crippen molar-refractivity contribution in [3.8, 4) is 5.75 Å². The van der Waals surface area contributed by atoms with Gasteiger partial charge in [-0.05, 0) is 37.7 Å². The molecule has 0 bridgehead atoms. The molecule has 0 saturated heterocycles. The molecule has 2 aromatic rings. The molecular weight excluding hydrogens is 195 g/mol. The summed E-state index contributed by atoms with van der Waals surface area (Å²) < 4.78 is 13.1. The zero-order chi connectivity index (χ0) is 10.8. The summed E-state index contributed by atoms with van der Waals surface area (Å²) in [5, 5.41) is 13.2. The maximum atomic E-state index is 13.1. The largest absolute Gasteiger partial charge is 0.504 e. The van der Waals surface area contributed by atoms with Gasteiger partial charge < -0.3 is 15.4 Å². The Morgan fingerprint density at radius 3 is 3.00 bits per heavy atom. The first-order chi connectivity index (χ1) is 7.24. The number of phenolic OH excluding ortho intramolecular Hbond substituents is 1. The lowest BCUT2D eigenvalue weighted by Crippen LogP contribution is -2.09. The van der Waals surface area contributed by atoms with Crippen molar-refractivity contribution in [2.75, 3.05) is 13.6 Å². The van der Waals surface area contributed by atoms with Crippen molar-refractivity contribution in [2.45, 2.75) is 6.42 Å². The van der Waals surface area contributed by atoms with Crippen LogP contribution in [0.25, 0.3) is 10.9 Å². The highest BCUT2D eigenvalue weighted by molar-refractivity contribution is 5.89. The van der Waals surface area contributed by atoms with Gasteiger partial charge in [0, 0.05) is 17.1 Å². The van der Waals surface area contributed by atoms with Crippen LogP contribution in [0.2, 0.25) is 0 Å². The van der Waals surface area contributed by atoms with E-state index in [1.54, 1.807) is 12.3 Å². The molecule has 3 N–H and O–H groups in total. The minimum absolute atomic E-state index is 0.264. The minimum Gasteiger partial charge on any atom is -0.504 e. The fourth-order valence-corrected chi connectivity index (χ4v) is 1.70. The summed E-state index contributed by atoms with van der Waals surface area (Å²) in [7, 11) is 1.86. The van der Waals surface area contributed by atoms with Gasteiger partial charge in [0.2, 0.25) is 0 Å². The van der Waals surface area contributed by atoms with Crippen LogP contribution in [-0.2, 0) is 6.42 Å². The topological polar surface area (TPSA) is 48.0 Å². The van der Waals surface area contributed by atoms with E-state index in [2.05, 4.69) is 10.3 Å². The number of halogens is 1. The molecule has 0 fully saturated rings. The highest BCUT2D eigenvalue weighted by Gasteiger charge is 2.11. The number of hydrogen-bond acceptors (Lipinski definition) is 2. The lowest BCUT2D eigenvalue weighted by Gasteiger charge is -2.01. The number of hydrogen-bond donors (Lipinski definition) is 3. The number of likely N-dealkylation sites (N-methyl/N-ethyl adjacent to an activating group) is 1. The molecule has 1 heterocycles. The first-order valence-electron chi connectivity index (χ1n) is 4.86. The van der Waals surface area contributed by atoms with Crippen LogP contribution in [-0.4, -0.2) is 23.7 Å². The maximum Gasteiger partial charge on any atom is 0.165 e. The Bertz CT molecular complexity index is 479. The number of aromatic amines is 1. The SMILES string of the molecule is CNCCc1c[nH]c2ccc(F)c(O)c12. The standard InChI is InChI=1S/C11H13FN2O/c1-13-5-4-7-6-14-9-3-2-8(12)11(15)10(7)9/h2-3,6,13-15H,4-5H2,1H3. The molecule has 3 nitrogen and oxygen atoms in total. The summed E-state index contributed by atoms with van der Waals surface area (Å²) >= 11 is 0. The Kier molecular flexibility index (Phi) is 2.60. The van der Waals surface area contributed by atoms with Crippen molar-refractivity contribution in [3.63, 3.8) is 0 Å². The van der Waals surface area contributed by atoms with Crippen LogP contribution in [0.5, 0.6) is 5.75 Å². The van der Waals surface area contributed by atoms with Gasteiger partial charge in [-0.25, -0.2) is 4.39 Å². The van der Waals surface area contributed by atoms with E-state index in [-0.39, 0.29) is 5.75 Å². The highest BCUT2D eigenvalue weighted by Crippen LogP contribution is 2.30. The Morgan fingerprint density at radius 1 is 1.47 bits per heavy atom. The van der Waals surface area contributed by atoms with Gasteiger partial charge in [-0.15, -0.1) is 0 Å². The predicted octanol–water partition coefficient (Wildman–Crippen LogP) is 1.77. The first kappa shape index (κ1) is 9.98. The second-order valence-corrected chi connectivity index (χ2v) is 3.49. The number of aromatic nitrogens is 1. The van der Waals surface area contributed by atoms with Crippen molar-refractivity contribution < 1.29 is 9.50 Å². The molecule has 0 atom stereocenters. The average molecular weight is 208 g/mol. The third-order valence-corrected chi connectivity index (χ3v) is 2.50. The second-order valence-electron chi connectivity index (χ2n) is 3.49. The Labute approximate surface area is 86.9 Å². The zero-order valence-corrected chi connectivity index (χ0v) is 8.47. The van der Waals surface area contributed by atoms with Crippen molar-refractivity contribution in [1.82, 2.24) is 10.3 Å². The molecule has 80 valence electrons. The van der Waals surface area contributed by atoms with Gasteiger partial charge in [-0.1, -0.05) is 0 Å². The molecule has 2 rings (SSSR count). The number of fused-ring (bicyclic) bond motifs is 1. The molecule has 0 amide bonds. The molecule has 15 heavy (non-hydrogen) atoms. The number of H-pyrrole nitrogens is 1. The molecule has 1 aromatic carbocycles. The molecule has 0 unspecified atom stereocenters. The van der Waals surface area contributed by atoms with E-state index in [1.807, 2.05) is 7.05 Å². The number of nitrogens with one attached hydrogen (secondary N) is 2. The molecule has 4 heteroatoms. The fraction of sp³-hybridized carbons (Fsp3) is 0.273. The van der Waals surface area contributed by atoms with E-state index in [4.69, 9.17) is 0 Å². The zero-order valence-electron chi connectivity index (χ0n) is 8.47. The van der Waals surface area contributed by atoms with Gasteiger partial charge in [-0.2, -0.15) is 0 Å². The van der Waals surface area contributed by atoms with E-state index < -0.39 is 5.82 Å². The number of benzene rings is 1. The molecular formula is C11H13FN2O.